The van der Waals surface area contributed by atoms with Crippen LogP contribution < -0.4 is 5.32 Å². The summed E-state index contributed by atoms with van der Waals surface area (Å²) in [6, 6.07) is 2.09. The normalized spacial score (nSPS) is 18.0. The quantitative estimate of drug-likeness (QED) is 0.782. The number of nitrogens with zero attached hydrogens (tertiary/aromatic N) is 1. The molecule has 1 aromatic rings. The highest BCUT2D eigenvalue weighted by Gasteiger charge is 2.31. The van der Waals surface area contributed by atoms with Crippen molar-refractivity contribution in [3.63, 3.8) is 0 Å². The van der Waals surface area contributed by atoms with Gasteiger partial charge in [-0.3, -0.25) is 4.90 Å². The van der Waals surface area contributed by atoms with E-state index in [4.69, 9.17) is 11.6 Å². The third kappa shape index (κ3) is 4.68. The van der Waals surface area contributed by atoms with E-state index in [-0.39, 0.29) is 41.8 Å². The van der Waals surface area contributed by atoms with Crippen molar-refractivity contribution < 1.29 is 8.78 Å². The summed E-state index contributed by atoms with van der Waals surface area (Å²) in [5, 5.41) is 3.20. The first-order chi connectivity index (χ1) is 9.56. The minimum Gasteiger partial charge on any atom is -0.314 e. The van der Waals surface area contributed by atoms with Crippen LogP contribution in [0.4, 0.5) is 8.78 Å². The summed E-state index contributed by atoms with van der Waals surface area (Å²) in [5.74, 6) is -0.756. The maximum absolute atomic E-state index is 14.2. The molecule has 1 saturated heterocycles. The lowest BCUT2D eigenvalue weighted by Crippen LogP contribution is -2.47. The molecule has 7 heteroatoms. The van der Waals surface area contributed by atoms with E-state index in [9.17, 15) is 8.78 Å². The van der Waals surface area contributed by atoms with Gasteiger partial charge in [0.15, 0.2) is 0 Å². The molecule has 2 nitrogen and oxygen atoms in total. The Balaban J connectivity index is 0.00000220. The third-order valence-corrected chi connectivity index (χ3v) is 4.49. The highest BCUT2D eigenvalue weighted by atomic mass is 35.5. The largest absolute Gasteiger partial charge is 0.314 e. The monoisotopic (exact) mass is 374 g/mol. The second-order valence-corrected chi connectivity index (χ2v) is 5.75. The molecule has 128 valence electrons. The zero-order valence-electron chi connectivity index (χ0n) is 12.7. The lowest BCUT2D eigenvalue weighted by atomic mass is 9.90. The molecule has 1 aliphatic heterocycles. The number of rotatable bonds is 4. The van der Waals surface area contributed by atoms with Gasteiger partial charge in [-0.2, -0.15) is 0 Å². The Kier molecular flexibility index (Phi) is 9.83. The van der Waals surface area contributed by atoms with Gasteiger partial charge in [0.2, 0.25) is 0 Å². The van der Waals surface area contributed by atoms with Gasteiger partial charge in [0.05, 0.1) is 5.02 Å². The van der Waals surface area contributed by atoms with Gasteiger partial charge in [-0.25, -0.2) is 8.78 Å². The number of hydrogen-bond donors (Lipinski definition) is 1. The summed E-state index contributed by atoms with van der Waals surface area (Å²) in [7, 11) is 0. The van der Waals surface area contributed by atoms with Crippen molar-refractivity contribution in [1.29, 1.82) is 0 Å². The van der Waals surface area contributed by atoms with Crippen LogP contribution in [0.3, 0.4) is 0 Å². The van der Waals surface area contributed by atoms with Crippen LogP contribution in [-0.4, -0.2) is 31.1 Å². The fourth-order valence-electron chi connectivity index (χ4n) is 2.82. The lowest BCUT2D eigenvalue weighted by Gasteiger charge is -2.39. The van der Waals surface area contributed by atoms with Gasteiger partial charge in [0.1, 0.15) is 11.6 Å². The minimum atomic E-state index is -0.550. The van der Waals surface area contributed by atoms with E-state index >= 15 is 0 Å². The molecule has 0 radical (unpaired) electrons. The average Bonchev–Trinajstić information content (AvgIpc) is 2.48. The van der Waals surface area contributed by atoms with Gasteiger partial charge in [-0.15, -0.1) is 24.8 Å². The zero-order chi connectivity index (χ0) is 14.7. The van der Waals surface area contributed by atoms with Crippen molar-refractivity contribution in [3.8, 4) is 0 Å². The molecular weight excluding hydrogens is 353 g/mol. The lowest BCUT2D eigenvalue weighted by molar-refractivity contribution is 0.125. The van der Waals surface area contributed by atoms with Crippen molar-refractivity contribution >= 4 is 36.4 Å². The van der Waals surface area contributed by atoms with E-state index in [0.29, 0.717) is 5.56 Å². The van der Waals surface area contributed by atoms with Gasteiger partial charge in [0, 0.05) is 37.8 Å². The van der Waals surface area contributed by atoms with Crippen LogP contribution in [-0.2, 0) is 0 Å². The van der Waals surface area contributed by atoms with E-state index in [2.05, 4.69) is 24.1 Å². The molecular formula is C15H23Cl3F2N2. The summed E-state index contributed by atoms with van der Waals surface area (Å²) in [4.78, 5) is 2.20. The van der Waals surface area contributed by atoms with Gasteiger partial charge < -0.3 is 5.32 Å². The van der Waals surface area contributed by atoms with Crippen LogP contribution in [0.1, 0.15) is 31.9 Å². The summed E-state index contributed by atoms with van der Waals surface area (Å²) < 4.78 is 28.0. The topological polar surface area (TPSA) is 15.3 Å². The Morgan fingerprint density at radius 1 is 1.18 bits per heavy atom. The number of halogens is 5. The van der Waals surface area contributed by atoms with E-state index in [0.717, 1.165) is 38.7 Å². The molecule has 0 bridgehead atoms. The van der Waals surface area contributed by atoms with Gasteiger partial charge in [0.25, 0.3) is 0 Å². The molecule has 0 amide bonds. The average molecular weight is 376 g/mol. The Morgan fingerprint density at radius 2 is 1.73 bits per heavy atom. The summed E-state index contributed by atoms with van der Waals surface area (Å²) in [6.07, 6.45) is 0.890. The van der Waals surface area contributed by atoms with Crippen LogP contribution in [0.2, 0.25) is 5.02 Å². The first-order valence-electron chi connectivity index (χ1n) is 7.14. The molecule has 1 heterocycles. The zero-order valence-corrected chi connectivity index (χ0v) is 15.1. The second-order valence-electron chi connectivity index (χ2n) is 5.37. The predicted molar refractivity (Wildman–Crippen MR) is 92.5 cm³/mol. The molecule has 0 spiro atoms. The number of nitrogens with one attached hydrogen (secondary N) is 1. The van der Waals surface area contributed by atoms with Crippen LogP contribution in [0.5, 0.6) is 0 Å². The molecule has 1 aromatic carbocycles. The first-order valence-corrected chi connectivity index (χ1v) is 7.52. The number of hydrogen-bond acceptors (Lipinski definition) is 2. The molecule has 22 heavy (non-hydrogen) atoms. The second kappa shape index (κ2) is 9.89. The molecule has 1 fully saturated rings. The van der Waals surface area contributed by atoms with Gasteiger partial charge in [-0.1, -0.05) is 31.9 Å². The number of benzene rings is 1. The molecule has 1 aliphatic rings. The Labute approximate surface area is 148 Å². The van der Waals surface area contributed by atoms with Crippen LogP contribution in [0, 0.1) is 17.6 Å². The van der Waals surface area contributed by atoms with Crippen molar-refractivity contribution in [3.05, 3.63) is 34.4 Å². The number of piperazine rings is 1. The molecule has 2 rings (SSSR count). The van der Waals surface area contributed by atoms with E-state index in [1.54, 1.807) is 0 Å². The third-order valence-electron chi connectivity index (χ3n) is 4.10. The highest BCUT2D eigenvalue weighted by Crippen LogP contribution is 2.37. The molecule has 0 aliphatic carbocycles. The fraction of sp³-hybridized carbons (Fsp3) is 0.600. The Hall–Kier alpha value is -0.130. The molecule has 1 N–H and O–H groups in total. The first kappa shape index (κ1) is 21.9. The van der Waals surface area contributed by atoms with Crippen molar-refractivity contribution in [2.24, 2.45) is 5.92 Å². The van der Waals surface area contributed by atoms with Crippen molar-refractivity contribution in [2.45, 2.75) is 26.3 Å². The van der Waals surface area contributed by atoms with Gasteiger partial charge in [-0.05, 0) is 18.1 Å². The highest BCUT2D eigenvalue weighted by molar-refractivity contribution is 6.31. The van der Waals surface area contributed by atoms with Crippen LogP contribution >= 0.6 is 36.4 Å². The van der Waals surface area contributed by atoms with E-state index in [1.165, 1.54) is 6.07 Å². The molecule has 2 atom stereocenters. The molecule has 0 aromatic heterocycles. The Morgan fingerprint density at radius 3 is 2.27 bits per heavy atom. The maximum Gasteiger partial charge on any atom is 0.142 e. The molecule has 1 unspecified atom stereocenters. The predicted octanol–water partition coefficient (Wildman–Crippen LogP) is 4.45. The minimum absolute atomic E-state index is 0. The fourth-order valence-corrected chi connectivity index (χ4v) is 3.09. The maximum atomic E-state index is 14.2. The summed E-state index contributed by atoms with van der Waals surface area (Å²) in [6.45, 7) is 7.49. The summed E-state index contributed by atoms with van der Waals surface area (Å²) >= 11 is 6.06. The Bertz CT molecular complexity index is 468. The smallest absolute Gasteiger partial charge is 0.142 e. The van der Waals surface area contributed by atoms with Crippen LogP contribution in [0.25, 0.3) is 0 Å². The van der Waals surface area contributed by atoms with Crippen molar-refractivity contribution in [2.75, 3.05) is 26.2 Å². The van der Waals surface area contributed by atoms with Gasteiger partial charge >= 0.3 is 0 Å². The molecule has 0 saturated carbocycles. The summed E-state index contributed by atoms with van der Waals surface area (Å²) in [5.41, 5.74) is 0.308. The standard InChI is InChI=1S/C15H21ClF2N2.2ClH/c1-3-10(2)15(20-8-6-19-7-9-20)13-11(17)4-5-12(18)14(13)16;;/h4-5,10,15,19H,3,6-9H2,1-2H3;2*1H/t10?,15-;;/m0../s1. The van der Waals surface area contributed by atoms with E-state index < -0.39 is 11.6 Å². The van der Waals surface area contributed by atoms with Crippen LogP contribution in [0.15, 0.2) is 12.1 Å². The SMILES string of the molecule is CCC(C)[C@@H](c1c(F)ccc(F)c1Cl)N1CCNCC1.Cl.Cl. The van der Waals surface area contributed by atoms with E-state index in [1.807, 2.05) is 0 Å². The van der Waals surface area contributed by atoms with Crippen molar-refractivity contribution in [1.82, 2.24) is 10.2 Å².